The molecule has 0 spiro atoms. The third-order valence-electron chi connectivity index (χ3n) is 4.58. The van der Waals surface area contributed by atoms with E-state index in [4.69, 9.17) is 28.5 Å². The molecule has 0 bridgehead atoms. The van der Waals surface area contributed by atoms with Gasteiger partial charge in [0.05, 0.1) is 35.6 Å². The van der Waals surface area contributed by atoms with Crippen molar-refractivity contribution < 1.29 is 9.59 Å². The zero-order chi connectivity index (χ0) is 21.7. The zero-order valence-corrected chi connectivity index (χ0v) is 17.9. The Morgan fingerprint density at radius 3 is 2.63 bits per heavy atom. The molecular weight excluding hydrogens is 423 g/mol. The van der Waals surface area contributed by atoms with Crippen molar-refractivity contribution in [3.63, 3.8) is 0 Å². The predicted molar refractivity (Wildman–Crippen MR) is 119 cm³/mol. The summed E-state index contributed by atoms with van der Waals surface area (Å²) in [5.41, 5.74) is 2.03. The Morgan fingerprint density at radius 1 is 1.13 bits per heavy atom. The number of nitrogens with zero attached hydrogens (tertiary/aromatic N) is 3. The van der Waals surface area contributed by atoms with Gasteiger partial charge in [0, 0.05) is 34.9 Å². The summed E-state index contributed by atoms with van der Waals surface area (Å²) in [6.45, 7) is 0.645. The van der Waals surface area contributed by atoms with E-state index in [1.807, 2.05) is 28.8 Å². The predicted octanol–water partition coefficient (Wildman–Crippen LogP) is 4.61. The van der Waals surface area contributed by atoms with Crippen molar-refractivity contribution in [1.29, 1.82) is 5.26 Å². The van der Waals surface area contributed by atoms with Crippen LogP contribution in [0.1, 0.15) is 16.8 Å². The Labute approximate surface area is 184 Å². The van der Waals surface area contributed by atoms with Crippen molar-refractivity contribution >= 4 is 51.5 Å². The van der Waals surface area contributed by atoms with E-state index in [2.05, 4.69) is 11.4 Å². The van der Waals surface area contributed by atoms with Gasteiger partial charge in [-0.1, -0.05) is 41.4 Å². The van der Waals surface area contributed by atoms with Gasteiger partial charge in [0.15, 0.2) is 5.78 Å². The number of amides is 1. The fraction of sp³-hybridized carbons (Fsp3) is 0.227. The maximum atomic E-state index is 12.9. The average Bonchev–Trinajstić information content (AvgIpc) is 3.08. The number of benzene rings is 2. The minimum atomic E-state index is -0.264. The Balaban J connectivity index is 1.66. The van der Waals surface area contributed by atoms with Crippen molar-refractivity contribution in [2.75, 3.05) is 25.5 Å². The Bertz CT molecular complexity index is 1130. The number of Topliss-reactive ketones (excluding diaryl/α,β-unsaturated/α-hetero) is 1. The third-order valence-corrected chi connectivity index (χ3v) is 5.32. The number of para-hydroxylation sites is 1. The minimum Gasteiger partial charge on any atom is -0.346 e. The van der Waals surface area contributed by atoms with Gasteiger partial charge in [0.2, 0.25) is 5.91 Å². The summed E-state index contributed by atoms with van der Waals surface area (Å²) >= 11 is 11.8. The minimum absolute atomic E-state index is 0.0407. The van der Waals surface area contributed by atoms with Crippen LogP contribution in [0.25, 0.3) is 10.9 Å². The molecule has 3 aromatic rings. The van der Waals surface area contributed by atoms with E-state index in [9.17, 15) is 9.59 Å². The second kappa shape index (κ2) is 9.77. The molecule has 1 amide bonds. The summed E-state index contributed by atoms with van der Waals surface area (Å²) < 4.78 is 1.92. The first-order chi connectivity index (χ1) is 14.4. The number of hydrogen-bond acceptors (Lipinski definition) is 4. The number of halogens is 2. The number of hydrogen-bond donors (Lipinski definition) is 1. The highest BCUT2D eigenvalue weighted by Crippen LogP contribution is 2.25. The number of carbonyl (C=O) groups excluding carboxylic acids is 2. The number of carbonyl (C=O) groups is 2. The van der Waals surface area contributed by atoms with E-state index < -0.39 is 0 Å². The standard InChI is InChI=1S/C22H20Cl2N4O2/c1-27(14-22(30)26-15-7-8-18(23)19(24)11-15)13-21(29)17-12-28(10-4-9-25)20-6-3-2-5-16(17)20/h2-3,5-8,11-12H,4,10,13-14H2,1H3,(H,26,30). The highest BCUT2D eigenvalue weighted by atomic mass is 35.5. The van der Waals surface area contributed by atoms with E-state index in [1.165, 1.54) is 0 Å². The topological polar surface area (TPSA) is 78.1 Å². The van der Waals surface area contributed by atoms with Gasteiger partial charge in [-0.15, -0.1) is 0 Å². The number of aryl methyl sites for hydroxylation is 1. The summed E-state index contributed by atoms with van der Waals surface area (Å²) in [5, 5.41) is 13.2. The zero-order valence-electron chi connectivity index (χ0n) is 16.4. The van der Waals surface area contributed by atoms with E-state index >= 15 is 0 Å². The first-order valence-corrected chi connectivity index (χ1v) is 10.1. The van der Waals surface area contributed by atoms with Crippen molar-refractivity contribution in [3.05, 3.63) is 64.3 Å². The first kappa shape index (κ1) is 21.8. The molecule has 0 atom stereocenters. The number of aromatic nitrogens is 1. The molecule has 154 valence electrons. The molecule has 30 heavy (non-hydrogen) atoms. The van der Waals surface area contributed by atoms with Crippen LogP contribution in [0.4, 0.5) is 5.69 Å². The second-order valence-corrected chi connectivity index (χ2v) is 7.75. The average molecular weight is 443 g/mol. The number of ketones is 1. The van der Waals surface area contributed by atoms with Crippen molar-refractivity contribution in [2.45, 2.75) is 13.0 Å². The maximum absolute atomic E-state index is 12.9. The first-order valence-electron chi connectivity index (χ1n) is 9.30. The summed E-state index contributed by atoms with van der Waals surface area (Å²) in [6, 6.07) is 14.6. The second-order valence-electron chi connectivity index (χ2n) is 6.93. The summed E-state index contributed by atoms with van der Waals surface area (Å²) in [5.74, 6) is -0.355. The Morgan fingerprint density at radius 2 is 1.90 bits per heavy atom. The van der Waals surface area contributed by atoms with Crippen molar-refractivity contribution in [3.8, 4) is 6.07 Å². The SMILES string of the molecule is CN(CC(=O)Nc1ccc(Cl)c(Cl)c1)CC(=O)c1cn(CCC#N)c2ccccc12. The van der Waals surface area contributed by atoms with Crippen LogP contribution in [0.15, 0.2) is 48.7 Å². The molecule has 0 aliphatic carbocycles. The normalized spacial score (nSPS) is 10.9. The quantitative estimate of drug-likeness (QED) is 0.516. The Hall–Kier alpha value is -2.85. The van der Waals surface area contributed by atoms with Crippen LogP contribution in [-0.4, -0.2) is 41.3 Å². The summed E-state index contributed by atoms with van der Waals surface area (Å²) in [6.07, 6.45) is 2.15. The van der Waals surface area contributed by atoms with Gasteiger partial charge in [-0.2, -0.15) is 5.26 Å². The molecule has 0 saturated heterocycles. The van der Waals surface area contributed by atoms with Crippen LogP contribution in [0, 0.1) is 11.3 Å². The number of fused-ring (bicyclic) bond motifs is 1. The van der Waals surface area contributed by atoms with Gasteiger partial charge < -0.3 is 9.88 Å². The molecule has 0 saturated carbocycles. The number of rotatable bonds is 8. The number of likely N-dealkylation sites (N-methyl/N-ethyl adjacent to an activating group) is 1. The molecule has 8 heteroatoms. The molecule has 6 nitrogen and oxygen atoms in total. The van der Waals surface area contributed by atoms with Gasteiger partial charge in [-0.25, -0.2) is 0 Å². The molecule has 1 heterocycles. The van der Waals surface area contributed by atoms with E-state index in [0.29, 0.717) is 34.3 Å². The van der Waals surface area contributed by atoms with Crippen LogP contribution in [0.2, 0.25) is 10.0 Å². The van der Waals surface area contributed by atoms with Gasteiger partial charge in [-0.3, -0.25) is 14.5 Å². The van der Waals surface area contributed by atoms with Gasteiger partial charge in [0.1, 0.15) is 0 Å². The Kier molecular flexibility index (Phi) is 7.11. The fourth-order valence-electron chi connectivity index (χ4n) is 3.23. The van der Waals surface area contributed by atoms with Crippen LogP contribution in [0.3, 0.4) is 0 Å². The number of nitrogens with one attached hydrogen (secondary N) is 1. The molecule has 3 rings (SSSR count). The summed E-state index contributed by atoms with van der Waals surface area (Å²) in [4.78, 5) is 26.8. The summed E-state index contributed by atoms with van der Waals surface area (Å²) in [7, 11) is 1.71. The van der Waals surface area contributed by atoms with E-state index in [0.717, 1.165) is 10.9 Å². The molecule has 0 aliphatic heterocycles. The maximum Gasteiger partial charge on any atom is 0.238 e. The number of nitriles is 1. The molecule has 0 radical (unpaired) electrons. The van der Waals surface area contributed by atoms with Gasteiger partial charge >= 0.3 is 0 Å². The molecule has 2 aromatic carbocycles. The highest BCUT2D eigenvalue weighted by molar-refractivity contribution is 6.42. The van der Waals surface area contributed by atoms with Crippen LogP contribution in [0.5, 0.6) is 0 Å². The van der Waals surface area contributed by atoms with Crippen molar-refractivity contribution in [1.82, 2.24) is 9.47 Å². The molecule has 0 unspecified atom stereocenters. The number of anilines is 1. The highest BCUT2D eigenvalue weighted by Gasteiger charge is 2.18. The lowest BCUT2D eigenvalue weighted by Crippen LogP contribution is -2.34. The van der Waals surface area contributed by atoms with Crippen LogP contribution in [-0.2, 0) is 11.3 Å². The smallest absolute Gasteiger partial charge is 0.238 e. The monoisotopic (exact) mass is 442 g/mol. The van der Waals surface area contributed by atoms with Gasteiger partial charge in [0.25, 0.3) is 0 Å². The van der Waals surface area contributed by atoms with Crippen LogP contribution < -0.4 is 5.32 Å². The molecule has 0 fully saturated rings. The third kappa shape index (κ3) is 5.19. The lowest BCUT2D eigenvalue weighted by atomic mass is 10.1. The largest absolute Gasteiger partial charge is 0.346 e. The lowest BCUT2D eigenvalue weighted by molar-refractivity contribution is -0.116. The lowest BCUT2D eigenvalue weighted by Gasteiger charge is -2.15. The van der Waals surface area contributed by atoms with E-state index in [-0.39, 0.29) is 24.8 Å². The molecule has 1 N–H and O–H groups in total. The fourth-order valence-corrected chi connectivity index (χ4v) is 3.53. The molecule has 0 aliphatic rings. The molecule has 1 aromatic heterocycles. The van der Waals surface area contributed by atoms with Crippen molar-refractivity contribution in [2.24, 2.45) is 0 Å². The van der Waals surface area contributed by atoms with E-state index in [1.54, 1.807) is 36.3 Å². The van der Waals surface area contributed by atoms with Gasteiger partial charge in [-0.05, 0) is 31.3 Å². The van der Waals surface area contributed by atoms with Crippen LogP contribution >= 0.6 is 23.2 Å². The molecular formula is C22H20Cl2N4O2.